The summed E-state index contributed by atoms with van der Waals surface area (Å²) in [7, 11) is -3.49. The summed E-state index contributed by atoms with van der Waals surface area (Å²) in [6.07, 6.45) is 3.44. The molecular formula is C16H26N4O4S. The number of nitrogens with zero attached hydrogens (tertiary/aromatic N) is 4. The van der Waals surface area contributed by atoms with Gasteiger partial charge in [0.1, 0.15) is 6.10 Å². The third-order valence-corrected chi connectivity index (χ3v) is 7.50. The molecule has 4 rings (SSSR count). The Morgan fingerprint density at radius 3 is 2.56 bits per heavy atom. The van der Waals surface area contributed by atoms with Crippen molar-refractivity contribution in [3.63, 3.8) is 0 Å². The average molecular weight is 370 g/mol. The lowest BCUT2D eigenvalue weighted by Crippen LogP contribution is -2.48. The van der Waals surface area contributed by atoms with Gasteiger partial charge < -0.3 is 9.84 Å². The number of hydrogen-bond donors (Lipinski definition) is 1. The van der Waals surface area contributed by atoms with Crippen LogP contribution in [0.2, 0.25) is 0 Å². The average Bonchev–Trinajstić information content (AvgIpc) is 2.85. The minimum Gasteiger partial charge on any atom is -0.386 e. The molecule has 2 aliphatic heterocycles. The third kappa shape index (κ3) is 3.35. The SMILES string of the molecule is O=S(=O)(N1CCOCC1)N1CCCn2nc([C@@H](O)C3CCC3)cc2C1. The van der Waals surface area contributed by atoms with Gasteiger partial charge in [0.2, 0.25) is 0 Å². The van der Waals surface area contributed by atoms with E-state index in [1.165, 1.54) is 10.7 Å². The lowest BCUT2D eigenvalue weighted by molar-refractivity contribution is 0.0581. The summed E-state index contributed by atoms with van der Waals surface area (Å²) in [5.74, 6) is 0.298. The molecule has 0 aromatic carbocycles. The van der Waals surface area contributed by atoms with Crippen LogP contribution < -0.4 is 0 Å². The predicted octanol–water partition coefficient (Wildman–Crippen LogP) is 0.499. The maximum Gasteiger partial charge on any atom is 0.282 e. The van der Waals surface area contributed by atoms with Crippen LogP contribution in [-0.4, -0.2) is 64.8 Å². The van der Waals surface area contributed by atoms with Crippen LogP contribution >= 0.6 is 0 Å². The van der Waals surface area contributed by atoms with E-state index in [1.807, 2.05) is 10.7 Å². The standard InChI is InChI=1S/C16H26N4O4S/c21-16(13-3-1-4-13)15-11-14-12-19(5-2-6-20(14)17-15)25(22,23)18-7-9-24-10-8-18/h11,13,16,21H,1-10,12H2/t16-/m0/s1. The van der Waals surface area contributed by atoms with Crippen LogP contribution in [0.25, 0.3) is 0 Å². The molecule has 8 nitrogen and oxygen atoms in total. The monoisotopic (exact) mass is 370 g/mol. The van der Waals surface area contributed by atoms with Gasteiger partial charge in [-0.3, -0.25) is 4.68 Å². The lowest BCUT2D eigenvalue weighted by atomic mass is 9.80. The van der Waals surface area contributed by atoms with Crippen LogP contribution in [0, 0.1) is 5.92 Å². The number of morpholine rings is 1. The molecule has 1 N–H and O–H groups in total. The largest absolute Gasteiger partial charge is 0.386 e. The quantitative estimate of drug-likeness (QED) is 0.834. The second-order valence-electron chi connectivity index (χ2n) is 7.13. The van der Waals surface area contributed by atoms with E-state index in [9.17, 15) is 13.5 Å². The van der Waals surface area contributed by atoms with Crippen molar-refractivity contribution in [2.24, 2.45) is 5.92 Å². The fourth-order valence-corrected chi connectivity index (χ4v) is 5.33. The van der Waals surface area contributed by atoms with Crippen LogP contribution in [0.5, 0.6) is 0 Å². The number of aliphatic hydroxyl groups is 1. The third-order valence-electron chi connectivity index (χ3n) is 5.52. The van der Waals surface area contributed by atoms with Gasteiger partial charge in [-0.15, -0.1) is 0 Å². The molecule has 1 saturated carbocycles. The Balaban J connectivity index is 1.53. The predicted molar refractivity (Wildman–Crippen MR) is 90.9 cm³/mol. The summed E-state index contributed by atoms with van der Waals surface area (Å²) in [4.78, 5) is 0. The van der Waals surface area contributed by atoms with E-state index in [4.69, 9.17) is 4.74 Å². The highest BCUT2D eigenvalue weighted by molar-refractivity contribution is 7.86. The molecule has 2 fully saturated rings. The number of aliphatic hydroxyl groups excluding tert-OH is 1. The van der Waals surface area contributed by atoms with Crippen LogP contribution in [-0.2, 0) is 28.0 Å². The van der Waals surface area contributed by atoms with Crippen molar-refractivity contribution in [3.05, 3.63) is 17.5 Å². The number of ether oxygens (including phenoxy) is 1. The minimum atomic E-state index is -3.49. The first-order valence-corrected chi connectivity index (χ1v) is 10.5. The lowest BCUT2D eigenvalue weighted by Gasteiger charge is -2.31. The fraction of sp³-hybridized carbons (Fsp3) is 0.812. The first-order valence-electron chi connectivity index (χ1n) is 9.13. The van der Waals surface area contributed by atoms with Crippen molar-refractivity contribution in [1.82, 2.24) is 18.4 Å². The Morgan fingerprint density at radius 2 is 1.88 bits per heavy atom. The minimum absolute atomic E-state index is 0.298. The maximum atomic E-state index is 12.9. The summed E-state index contributed by atoms with van der Waals surface area (Å²) in [5, 5.41) is 15.0. The summed E-state index contributed by atoms with van der Waals surface area (Å²) >= 11 is 0. The number of hydrogen-bond acceptors (Lipinski definition) is 5. The van der Waals surface area contributed by atoms with Gasteiger partial charge in [0.15, 0.2) is 0 Å². The van der Waals surface area contributed by atoms with Crippen molar-refractivity contribution in [2.75, 3.05) is 32.8 Å². The molecule has 3 aliphatic rings. The van der Waals surface area contributed by atoms with Gasteiger partial charge >= 0.3 is 0 Å². The molecule has 0 amide bonds. The molecule has 1 atom stereocenters. The topological polar surface area (TPSA) is 87.9 Å². The van der Waals surface area contributed by atoms with E-state index < -0.39 is 16.3 Å². The molecular weight excluding hydrogens is 344 g/mol. The number of aromatic nitrogens is 2. The molecule has 0 unspecified atom stereocenters. The van der Waals surface area contributed by atoms with Gasteiger partial charge in [-0.05, 0) is 31.2 Å². The highest BCUT2D eigenvalue weighted by atomic mass is 32.2. The van der Waals surface area contributed by atoms with Gasteiger partial charge in [0.25, 0.3) is 10.2 Å². The molecule has 1 aromatic heterocycles. The summed E-state index contributed by atoms with van der Waals surface area (Å²) in [5.41, 5.74) is 1.55. The van der Waals surface area contributed by atoms with Gasteiger partial charge in [-0.2, -0.15) is 22.1 Å². The molecule has 1 aromatic rings. The molecule has 1 saturated heterocycles. The van der Waals surface area contributed by atoms with Crippen molar-refractivity contribution in [3.8, 4) is 0 Å². The normalized spacial score (nSPS) is 25.2. The molecule has 0 bridgehead atoms. The van der Waals surface area contributed by atoms with E-state index in [-0.39, 0.29) is 0 Å². The first kappa shape index (κ1) is 17.4. The Labute approximate surface area is 148 Å². The van der Waals surface area contributed by atoms with E-state index in [1.54, 1.807) is 4.31 Å². The number of rotatable bonds is 4. The summed E-state index contributed by atoms with van der Waals surface area (Å²) < 4.78 is 36.0. The Bertz CT molecular complexity index is 710. The highest BCUT2D eigenvalue weighted by Gasteiger charge is 2.34. The van der Waals surface area contributed by atoms with Crippen molar-refractivity contribution >= 4 is 10.2 Å². The molecule has 0 radical (unpaired) electrons. The van der Waals surface area contributed by atoms with E-state index >= 15 is 0 Å². The Hall–Kier alpha value is -1.00. The fourth-order valence-electron chi connectivity index (χ4n) is 3.73. The van der Waals surface area contributed by atoms with Crippen LogP contribution in [0.1, 0.15) is 43.2 Å². The number of aryl methyl sites for hydroxylation is 1. The second-order valence-corrected chi connectivity index (χ2v) is 9.05. The molecule has 9 heteroatoms. The van der Waals surface area contributed by atoms with E-state index in [0.29, 0.717) is 57.5 Å². The number of fused-ring (bicyclic) bond motifs is 1. The zero-order valence-electron chi connectivity index (χ0n) is 14.4. The van der Waals surface area contributed by atoms with Gasteiger partial charge in [-0.25, -0.2) is 0 Å². The molecule has 3 heterocycles. The Kier molecular flexibility index (Phi) is 4.85. The van der Waals surface area contributed by atoms with Crippen molar-refractivity contribution in [1.29, 1.82) is 0 Å². The maximum absolute atomic E-state index is 12.9. The van der Waals surface area contributed by atoms with Crippen molar-refractivity contribution in [2.45, 2.75) is 44.9 Å². The summed E-state index contributed by atoms with van der Waals surface area (Å²) in [6.45, 7) is 3.19. The molecule has 140 valence electrons. The van der Waals surface area contributed by atoms with Crippen LogP contribution in [0.4, 0.5) is 0 Å². The first-order chi connectivity index (χ1) is 12.1. The second kappa shape index (κ2) is 6.96. The zero-order valence-corrected chi connectivity index (χ0v) is 15.2. The molecule has 1 aliphatic carbocycles. The van der Waals surface area contributed by atoms with Crippen molar-refractivity contribution < 1.29 is 18.3 Å². The van der Waals surface area contributed by atoms with E-state index in [2.05, 4.69) is 5.10 Å². The summed E-state index contributed by atoms with van der Waals surface area (Å²) in [6, 6.07) is 1.89. The molecule has 25 heavy (non-hydrogen) atoms. The van der Waals surface area contributed by atoms with Gasteiger partial charge in [0, 0.05) is 26.2 Å². The zero-order chi connectivity index (χ0) is 17.4. The van der Waals surface area contributed by atoms with E-state index in [0.717, 1.165) is 25.0 Å². The highest BCUT2D eigenvalue weighted by Crippen LogP contribution is 2.37. The van der Waals surface area contributed by atoms with Gasteiger partial charge in [0.05, 0.1) is 31.1 Å². The molecule has 0 spiro atoms. The van der Waals surface area contributed by atoms with Crippen LogP contribution in [0.3, 0.4) is 0 Å². The smallest absolute Gasteiger partial charge is 0.282 e. The Morgan fingerprint density at radius 1 is 1.12 bits per heavy atom. The van der Waals surface area contributed by atoms with Gasteiger partial charge in [-0.1, -0.05) is 6.42 Å². The van der Waals surface area contributed by atoms with Crippen LogP contribution in [0.15, 0.2) is 6.07 Å².